The van der Waals surface area contributed by atoms with E-state index in [0.717, 1.165) is 12.8 Å². The van der Waals surface area contributed by atoms with E-state index in [4.69, 9.17) is 9.47 Å². The highest BCUT2D eigenvalue weighted by molar-refractivity contribution is 5.85. The van der Waals surface area contributed by atoms with Gasteiger partial charge in [-0.25, -0.2) is 0 Å². The van der Waals surface area contributed by atoms with Crippen molar-refractivity contribution in [2.24, 2.45) is 45.3 Å². The second kappa shape index (κ2) is 8.17. The standard InChI is InChI=1S/C31H50O3/c1-19-9-11-24(34-27(19)33-8)20(2)21-13-17-31(7)23-10-12-25-28(3,4)26(32)15-16-29(25,5)22(23)14-18-30(21,31)6/h19-21,24-25,27H,9-18H2,1-8H3/t19-,20+,21-,24+,25+,27+,29-,30-,31+/m1/s1. The third-order valence-electron chi connectivity index (χ3n) is 12.7. The number of hydrogen-bond acceptors (Lipinski definition) is 3. The molecule has 1 heterocycles. The molecule has 0 aromatic heterocycles. The molecule has 3 heteroatoms. The first-order chi connectivity index (χ1) is 15.9. The first-order valence-electron chi connectivity index (χ1n) is 14.3. The lowest BCUT2D eigenvalue weighted by molar-refractivity contribution is -0.223. The van der Waals surface area contributed by atoms with Crippen LogP contribution < -0.4 is 0 Å². The fourth-order valence-electron chi connectivity index (χ4n) is 10.2. The minimum absolute atomic E-state index is 0.0462. The molecule has 0 spiro atoms. The molecule has 5 rings (SSSR count). The van der Waals surface area contributed by atoms with Crippen molar-refractivity contribution in [2.75, 3.05) is 7.11 Å². The molecule has 1 aliphatic heterocycles. The van der Waals surface area contributed by atoms with Crippen LogP contribution in [0.3, 0.4) is 0 Å². The van der Waals surface area contributed by atoms with E-state index in [9.17, 15) is 4.79 Å². The maximum Gasteiger partial charge on any atom is 0.160 e. The summed E-state index contributed by atoms with van der Waals surface area (Å²) in [5.41, 5.74) is 4.26. The third kappa shape index (κ3) is 3.24. The van der Waals surface area contributed by atoms with E-state index in [-0.39, 0.29) is 17.1 Å². The fourth-order valence-corrected chi connectivity index (χ4v) is 10.2. The number of ether oxygens (including phenoxy) is 2. The van der Waals surface area contributed by atoms with Gasteiger partial charge in [0.25, 0.3) is 0 Å². The molecular weight excluding hydrogens is 420 g/mol. The summed E-state index contributed by atoms with van der Waals surface area (Å²) in [6.07, 6.45) is 12.1. The van der Waals surface area contributed by atoms with Gasteiger partial charge in [0.15, 0.2) is 6.29 Å². The maximum atomic E-state index is 12.9. The average Bonchev–Trinajstić information content (AvgIpc) is 3.08. The van der Waals surface area contributed by atoms with Gasteiger partial charge >= 0.3 is 0 Å². The van der Waals surface area contributed by atoms with Gasteiger partial charge in [0, 0.05) is 24.9 Å². The fraction of sp³-hybridized carbons (Fsp3) is 0.903. The Kier molecular flexibility index (Phi) is 6.01. The molecular formula is C31H50O3. The van der Waals surface area contributed by atoms with Gasteiger partial charge in [0.05, 0.1) is 6.10 Å². The molecule has 2 saturated carbocycles. The largest absolute Gasteiger partial charge is 0.356 e. The normalized spacial score (nSPS) is 49.3. The van der Waals surface area contributed by atoms with Crippen molar-refractivity contribution in [1.82, 2.24) is 0 Å². The molecule has 4 aliphatic carbocycles. The molecule has 0 amide bonds. The summed E-state index contributed by atoms with van der Waals surface area (Å²) in [4.78, 5) is 12.9. The molecule has 0 aromatic rings. The van der Waals surface area contributed by atoms with Crippen molar-refractivity contribution in [3.63, 3.8) is 0 Å². The van der Waals surface area contributed by atoms with Crippen LogP contribution in [0.1, 0.15) is 113 Å². The monoisotopic (exact) mass is 470 g/mol. The number of rotatable bonds is 3. The molecule has 0 N–H and O–H groups in total. The van der Waals surface area contributed by atoms with Gasteiger partial charge in [-0.05, 0) is 91.8 Å². The number of ketones is 1. The van der Waals surface area contributed by atoms with Crippen molar-refractivity contribution in [1.29, 1.82) is 0 Å². The Morgan fingerprint density at radius 1 is 0.912 bits per heavy atom. The van der Waals surface area contributed by atoms with E-state index in [0.29, 0.717) is 46.4 Å². The zero-order valence-corrected chi connectivity index (χ0v) is 23.3. The van der Waals surface area contributed by atoms with Gasteiger partial charge in [-0.15, -0.1) is 0 Å². The summed E-state index contributed by atoms with van der Waals surface area (Å²) >= 11 is 0. The lowest BCUT2D eigenvalue weighted by atomic mass is 9.43. The Bertz CT molecular complexity index is 872. The Morgan fingerprint density at radius 3 is 2.35 bits per heavy atom. The first-order valence-corrected chi connectivity index (χ1v) is 14.3. The smallest absolute Gasteiger partial charge is 0.160 e. The molecule has 9 atom stereocenters. The van der Waals surface area contributed by atoms with E-state index in [1.54, 1.807) is 12.7 Å². The molecule has 0 unspecified atom stereocenters. The van der Waals surface area contributed by atoms with Crippen LogP contribution >= 0.6 is 0 Å². The van der Waals surface area contributed by atoms with E-state index >= 15 is 0 Å². The maximum absolute atomic E-state index is 12.9. The lowest BCUT2D eigenvalue weighted by Crippen LogP contribution is -2.54. The van der Waals surface area contributed by atoms with Crippen LogP contribution in [0.5, 0.6) is 0 Å². The van der Waals surface area contributed by atoms with Crippen molar-refractivity contribution < 1.29 is 14.3 Å². The topological polar surface area (TPSA) is 35.5 Å². The highest BCUT2D eigenvalue weighted by Gasteiger charge is 2.63. The predicted octanol–water partition coefficient (Wildman–Crippen LogP) is 7.73. The zero-order valence-electron chi connectivity index (χ0n) is 23.3. The zero-order chi connectivity index (χ0) is 24.7. The summed E-state index contributed by atoms with van der Waals surface area (Å²) in [5, 5.41) is 0. The number of Topliss-reactive ketones (excluding diaryl/α,β-unsaturated/α-hetero) is 1. The Morgan fingerprint density at radius 2 is 1.65 bits per heavy atom. The van der Waals surface area contributed by atoms with Crippen LogP contribution in [0.25, 0.3) is 0 Å². The van der Waals surface area contributed by atoms with E-state index in [1.807, 2.05) is 5.57 Å². The summed E-state index contributed by atoms with van der Waals surface area (Å²) < 4.78 is 12.2. The van der Waals surface area contributed by atoms with Gasteiger partial charge in [-0.3, -0.25) is 4.79 Å². The molecule has 5 aliphatic rings. The lowest BCUT2D eigenvalue weighted by Gasteiger charge is -2.61. The predicted molar refractivity (Wildman–Crippen MR) is 137 cm³/mol. The molecule has 1 saturated heterocycles. The number of hydrogen-bond donors (Lipinski definition) is 0. The molecule has 3 fully saturated rings. The Labute approximate surface area is 208 Å². The number of carbonyl (C=O) groups excluding carboxylic acids is 1. The van der Waals surface area contributed by atoms with E-state index < -0.39 is 0 Å². The van der Waals surface area contributed by atoms with E-state index in [2.05, 4.69) is 48.5 Å². The number of fused-ring (bicyclic) bond motifs is 4. The number of carbonyl (C=O) groups is 1. The number of allylic oxidation sites excluding steroid dienone is 2. The highest BCUT2D eigenvalue weighted by atomic mass is 16.7. The molecule has 0 radical (unpaired) electrons. The SMILES string of the molecule is CO[C@H]1O[C@H]([C@@H](C)[C@H]2CC[C@@]3(C)C4=C(CC[C@]23C)[C@@]2(C)CCC(=O)C(C)(C)[C@@H]2CC4)CC[C@H]1C. The molecule has 192 valence electrons. The van der Waals surface area contributed by atoms with Crippen LogP contribution in [0, 0.1) is 45.3 Å². The summed E-state index contributed by atoms with van der Waals surface area (Å²) in [6, 6.07) is 0. The minimum atomic E-state index is -0.173. The third-order valence-corrected chi connectivity index (χ3v) is 12.7. The van der Waals surface area contributed by atoms with Gasteiger partial charge in [0.2, 0.25) is 0 Å². The summed E-state index contributed by atoms with van der Waals surface area (Å²) in [6.45, 7) is 17.0. The molecule has 0 aromatic carbocycles. The molecule has 34 heavy (non-hydrogen) atoms. The van der Waals surface area contributed by atoms with Gasteiger partial charge in [0.1, 0.15) is 5.78 Å². The van der Waals surface area contributed by atoms with Crippen molar-refractivity contribution in [3.8, 4) is 0 Å². The van der Waals surface area contributed by atoms with Crippen LogP contribution in [0.2, 0.25) is 0 Å². The first kappa shape index (κ1) is 25.0. The van der Waals surface area contributed by atoms with Gasteiger partial charge < -0.3 is 9.47 Å². The summed E-state index contributed by atoms with van der Waals surface area (Å²) in [7, 11) is 1.80. The van der Waals surface area contributed by atoms with Crippen molar-refractivity contribution >= 4 is 5.78 Å². The summed E-state index contributed by atoms with van der Waals surface area (Å²) in [5.74, 6) is 2.77. The quantitative estimate of drug-likeness (QED) is 0.396. The highest BCUT2D eigenvalue weighted by Crippen LogP contribution is 2.72. The van der Waals surface area contributed by atoms with Crippen LogP contribution in [-0.2, 0) is 14.3 Å². The second-order valence-electron chi connectivity index (χ2n) is 14.2. The van der Waals surface area contributed by atoms with Crippen LogP contribution in [-0.4, -0.2) is 25.3 Å². The second-order valence-corrected chi connectivity index (χ2v) is 14.2. The Balaban J connectivity index is 1.45. The van der Waals surface area contributed by atoms with Gasteiger partial charge in [-0.2, -0.15) is 0 Å². The Hall–Kier alpha value is -0.670. The van der Waals surface area contributed by atoms with Crippen molar-refractivity contribution in [3.05, 3.63) is 11.1 Å². The van der Waals surface area contributed by atoms with Gasteiger partial charge in [-0.1, -0.05) is 59.6 Å². The average molecular weight is 471 g/mol. The van der Waals surface area contributed by atoms with Crippen molar-refractivity contribution in [2.45, 2.75) is 125 Å². The molecule has 0 bridgehead atoms. The minimum Gasteiger partial charge on any atom is -0.356 e. The van der Waals surface area contributed by atoms with E-state index in [1.165, 1.54) is 51.4 Å². The van der Waals surface area contributed by atoms with Crippen LogP contribution in [0.15, 0.2) is 11.1 Å². The molecule has 3 nitrogen and oxygen atoms in total. The number of methoxy groups -OCH3 is 1. The van der Waals surface area contributed by atoms with Crippen LogP contribution in [0.4, 0.5) is 0 Å².